The highest BCUT2D eigenvalue weighted by atomic mass is 19.1. The molecule has 0 bridgehead atoms. The average molecular weight is 407 g/mol. The van der Waals surface area contributed by atoms with Crippen LogP contribution in [0.3, 0.4) is 0 Å². The van der Waals surface area contributed by atoms with Crippen LogP contribution in [0.4, 0.5) is 8.78 Å². The molecule has 0 spiro atoms. The molecular weight excluding hydrogens is 388 g/mol. The Kier molecular flexibility index (Phi) is 4.99. The molecule has 4 rings (SSSR count). The number of amides is 1. The van der Waals surface area contributed by atoms with Crippen LogP contribution in [0.2, 0.25) is 0 Å². The Hall–Kier alpha value is -3.68. The van der Waals surface area contributed by atoms with Crippen LogP contribution in [0.25, 0.3) is 33.4 Å². The number of nitrogens with zero attached hydrogens (tertiary/aromatic N) is 5. The van der Waals surface area contributed by atoms with E-state index >= 15 is 0 Å². The summed E-state index contributed by atoms with van der Waals surface area (Å²) < 4.78 is 31.0. The number of carbonyl (C=O) groups is 1. The van der Waals surface area contributed by atoms with Crippen LogP contribution in [0, 0.1) is 11.6 Å². The number of rotatable bonds is 4. The first-order chi connectivity index (χ1) is 14.4. The van der Waals surface area contributed by atoms with Crippen molar-refractivity contribution in [3.8, 4) is 22.3 Å². The van der Waals surface area contributed by atoms with Crippen molar-refractivity contribution < 1.29 is 13.6 Å². The quantitative estimate of drug-likeness (QED) is 0.510. The zero-order valence-electron chi connectivity index (χ0n) is 16.7. The van der Waals surface area contributed by atoms with Gasteiger partial charge in [-0.25, -0.2) is 13.8 Å². The monoisotopic (exact) mass is 407 g/mol. The molecule has 1 amide bonds. The highest BCUT2D eigenvalue weighted by molar-refractivity contribution is 5.95. The molecule has 30 heavy (non-hydrogen) atoms. The number of hydrogen-bond donors (Lipinski definition) is 0. The van der Waals surface area contributed by atoms with E-state index in [1.54, 1.807) is 38.8 Å². The zero-order chi connectivity index (χ0) is 21.4. The third kappa shape index (κ3) is 3.30. The van der Waals surface area contributed by atoms with E-state index in [9.17, 15) is 13.6 Å². The molecule has 2 aromatic heterocycles. The van der Waals surface area contributed by atoms with Gasteiger partial charge < -0.3 is 9.47 Å². The zero-order valence-corrected chi connectivity index (χ0v) is 16.7. The second kappa shape index (κ2) is 7.62. The Morgan fingerprint density at radius 2 is 1.77 bits per heavy atom. The van der Waals surface area contributed by atoms with E-state index < -0.39 is 17.5 Å². The van der Waals surface area contributed by atoms with E-state index in [-0.39, 0.29) is 11.1 Å². The summed E-state index contributed by atoms with van der Waals surface area (Å²) in [6, 6.07) is 8.65. The molecule has 0 fully saturated rings. The van der Waals surface area contributed by atoms with Gasteiger partial charge in [0.15, 0.2) is 5.65 Å². The van der Waals surface area contributed by atoms with Crippen molar-refractivity contribution in [2.24, 2.45) is 0 Å². The van der Waals surface area contributed by atoms with Gasteiger partial charge in [0.2, 0.25) is 0 Å². The molecule has 6 nitrogen and oxygen atoms in total. The second-order valence-corrected chi connectivity index (χ2v) is 7.05. The first kappa shape index (κ1) is 19.6. The predicted octanol–water partition coefficient (Wildman–Crippen LogP) is 4.16. The average Bonchev–Trinajstić information content (AvgIpc) is 3.17. The Bertz CT molecular complexity index is 1270. The molecule has 2 heterocycles. The summed E-state index contributed by atoms with van der Waals surface area (Å²) in [5.41, 5.74) is 3.16. The van der Waals surface area contributed by atoms with Crippen molar-refractivity contribution in [2.45, 2.75) is 13.5 Å². The smallest absolute Gasteiger partial charge is 0.256 e. The minimum absolute atomic E-state index is 0.0644. The molecule has 0 aliphatic carbocycles. The number of benzene rings is 2. The SMILES string of the molecule is CCn1cnc2c(-c3ccc(F)c(-c4ccc(C(=O)N(C)C)c(F)c4)c3)cnnc21. The van der Waals surface area contributed by atoms with E-state index in [4.69, 9.17) is 0 Å². The number of halogens is 2. The van der Waals surface area contributed by atoms with Crippen molar-refractivity contribution in [3.63, 3.8) is 0 Å². The minimum Gasteiger partial charge on any atom is -0.345 e. The number of aromatic nitrogens is 4. The van der Waals surface area contributed by atoms with Gasteiger partial charge in [-0.15, -0.1) is 5.10 Å². The normalized spacial score (nSPS) is 11.1. The Balaban J connectivity index is 1.81. The maximum atomic E-state index is 14.6. The fourth-order valence-electron chi connectivity index (χ4n) is 3.33. The summed E-state index contributed by atoms with van der Waals surface area (Å²) in [4.78, 5) is 17.8. The summed E-state index contributed by atoms with van der Waals surface area (Å²) in [6.45, 7) is 2.67. The second-order valence-electron chi connectivity index (χ2n) is 7.05. The molecule has 152 valence electrons. The lowest BCUT2D eigenvalue weighted by Gasteiger charge is -2.12. The number of imidazole rings is 1. The van der Waals surface area contributed by atoms with Gasteiger partial charge in [-0.2, -0.15) is 5.10 Å². The van der Waals surface area contributed by atoms with Crippen LogP contribution >= 0.6 is 0 Å². The molecule has 4 aromatic rings. The van der Waals surface area contributed by atoms with Gasteiger partial charge in [0.1, 0.15) is 17.2 Å². The van der Waals surface area contributed by atoms with Gasteiger partial charge in [0.05, 0.1) is 18.1 Å². The van der Waals surface area contributed by atoms with E-state index in [2.05, 4.69) is 15.2 Å². The van der Waals surface area contributed by atoms with E-state index in [1.165, 1.54) is 29.2 Å². The lowest BCUT2D eigenvalue weighted by Crippen LogP contribution is -2.22. The van der Waals surface area contributed by atoms with Crippen LogP contribution in [0.1, 0.15) is 17.3 Å². The van der Waals surface area contributed by atoms with Crippen LogP contribution in [0.15, 0.2) is 48.9 Å². The number of fused-ring (bicyclic) bond motifs is 1. The van der Waals surface area contributed by atoms with Crippen molar-refractivity contribution in [3.05, 3.63) is 66.1 Å². The largest absolute Gasteiger partial charge is 0.345 e. The number of hydrogen-bond acceptors (Lipinski definition) is 4. The van der Waals surface area contributed by atoms with Crippen LogP contribution in [0.5, 0.6) is 0 Å². The summed E-state index contributed by atoms with van der Waals surface area (Å²) >= 11 is 0. The molecule has 0 aliphatic rings. The fourth-order valence-corrected chi connectivity index (χ4v) is 3.33. The summed E-state index contributed by atoms with van der Waals surface area (Å²) in [5, 5.41) is 8.19. The standard InChI is InChI=1S/C22H19F2N5O/c1-4-29-12-25-20-17(11-26-27-21(20)29)13-6-8-18(23)16(9-13)14-5-7-15(19(24)10-14)22(30)28(2)3/h5-12H,4H2,1-3H3. The van der Waals surface area contributed by atoms with Crippen molar-refractivity contribution in [1.82, 2.24) is 24.6 Å². The first-order valence-electron chi connectivity index (χ1n) is 9.38. The number of carbonyl (C=O) groups excluding carboxylic acids is 1. The summed E-state index contributed by atoms with van der Waals surface area (Å²) in [6.07, 6.45) is 3.26. The van der Waals surface area contributed by atoms with Gasteiger partial charge in [-0.1, -0.05) is 12.1 Å². The molecule has 0 radical (unpaired) electrons. The van der Waals surface area contributed by atoms with Crippen LogP contribution in [-0.2, 0) is 6.54 Å². The lowest BCUT2D eigenvalue weighted by molar-refractivity contribution is 0.0823. The van der Waals surface area contributed by atoms with E-state index in [1.807, 2.05) is 11.5 Å². The third-order valence-corrected chi connectivity index (χ3v) is 4.94. The molecule has 0 saturated carbocycles. The van der Waals surface area contributed by atoms with Crippen molar-refractivity contribution in [2.75, 3.05) is 14.1 Å². The van der Waals surface area contributed by atoms with Gasteiger partial charge >= 0.3 is 0 Å². The van der Waals surface area contributed by atoms with Gasteiger partial charge in [0, 0.05) is 31.8 Å². The molecule has 0 aliphatic heterocycles. The predicted molar refractivity (Wildman–Crippen MR) is 110 cm³/mol. The summed E-state index contributed by atoms with van der Waals surface area (Å²) in [5.74, 6) is -1.65. The third-order valence-electron chi connectivity index (χ3n) is 4.94. The molecule has 0 atom stereocenters. The Morgan fingerprint density at radius 3 is 2.47 bits per heavy atom. The minimum atomic E-state index is -0.703. The maximum absolute atomic E-state index is 14.6. The Labute approximate surface area is 171 Å². The molecule has 8 heteroatoms. The molecule has 0 N–H and O–H groups in total. The highest BCUT2D eigenvalue weighted by Crippen LogP contribution is 2.32. The Morgan fingerprint density at radius 1 is 1.03 bits per heavy atom. The highest BCUT2D eigenvalue weighted by Gasteiger charge is 2.17. The first-order valence-corrected chi connectivity index (χ1v) is 9.38. The topological polar surface area (TPSA) is 63.9 Å². The number of aryl methyl sites for hydroxylation is 1. The van der Waals surface area contributed by atoms with Gasteiger partial charge in [0.25, 0.3) is 5.91 Å². The maximum Gasteiger partial charge on any atom is 0.256 e. The van der Waals surface area contributed by atoms with Gasteiger partial charge in [-0.05, 0) is 42.3 Å². The van der Waals surface area contributed by atoms with Crippen molar-refractivity contribution >= 4 is 17.1 Å². The van der Waals surface area contributed by atoms with E-state index in [0.717, 1.165) is 0 Å². The molecule has 2 aromatic carbocycles. The van der Waals surface area contributed by atoms with Gasteiger partial charge in [-0.3, -0.25) is 4.79 Å². The van der Waals surface area contributed by atoms with E-state index in [0.29, 0.717) is 34.4 Å². The van der Waals surface area contributed by atoms with Crippen molar-refractivity contribution in [1.29, 1.82) is 0 Å². The lowest BCUT2D eigenvalue weighted by atomic mass is 9.98. The van der Waals surface area contributed by atoms with Crippen LogP contribution < -0.4 is 0 Å². The van der Waals surface area contributed by atoms with Crippen LogP contribution in [-0.4, -0.2) is 44.7 Å². The fraction of sp³-hybridized carbons (Fsp3) is 0.182. The molecular formula is C22H19F2N5O. The molecule has 0 saturated heterocycles. The summed E-state index contributed by atoms with van der Waals surface area (Å²) in [7, 11) is 3.09. The molecule has 0 unspecified atom stereocenters.